The van der Waals surface area contributed by atoms with Gasteiger partial charge in [-0.25, -0.2) is 42.5 Å². The number of phosphoric acid groups is 1. The molecule has 18 nitrogen and oxygen atoms in total. The van der Waals surface area contributed by atoms with E-state index in [0.717, 1.165) is 17.2 Å². The van der Waals surface area contributed by atoms with E-state index in [1.165, 1.54) is 27.7 Å². The third-order valence-electron chi connectivity index (χ3n) is 5.64. The van der Waals surface area contributed by atoms with E-state index < -0.39 is 82.7 Å². The van der Waals surface area contributed by atoms with Crippen LogP contribution in [-0.2, 0) is 41.8 Å². The first-order chi connectivity index (χ1) is 20.2. The number of nitrogen functional groups attached to an aromatic ring is 1. The highest BCUT2D eigenvalue weighted by Crippen LogP contribution is 2.53. The summed E-state index contributed by atoms with van der Waals surface area (Å²) in [6.45, 7) is 1.32. The third kappa shape index (κ3) is 7.67. The van der Waals surface area contributed by atoms with Crippen LogP contribution in [0.2, 0.25) is 0 Å². The van der Waals surface area contributed by atoms with Gasteiger partial charge >= 0.3 is 20.1 Å². The SMILES string of the molecule is C#C[C@@]1(O)[C@H](O)[C@@](CF)(COP(=O)(OCOC(=O)OC(C)C)OCOC(=O)OC(C)C)O[C@H]1n1cnc2c(N)ncnc21. The molecule has 0 radical (unpaired) electrons. The number of ether oxygens (including phenoxy) is 5. The van der Waals surface area contributed by atoms with E-state index in [0.29, 0.717) is 0 Å². The van der Waals surface area contributed by atoms with Crippen molar-refractivity contribution in [1.29, 1.82) is 0 Å². The Hall–Kier alpha value is -3.63. The number of halogens is 1. The number of aliphatic hydroxyl groups is 2. The van der Waals surface area contributed by atoms with Gasteiger partial charge in [0, 0.05) is 0 Å². The standard InChI is InChI=1S/C23H31FN5O13P/c1-6-23(33)18(30)22(7-24,42-19(23)29-10-28-15-16(25)26-9-27-17(15)29)8-37-43(34,38-11-35-20(31)40-13(2)3)39-12-36-21(32)41-14(4)5/h1,9-10,13-14,18-19,30,33H,7-8,11-12H2,2-5H3,(H2,25,26,27)/t18-,19-,22-,23-/m1/s1. The van der Waals surface area contributed by atoms with Crippen LogP contribution in [0.1, 0.15) is 33.9 Å². The molecule has 1 aliphatic rings. The van der Waals surface area contributed by atoms with Crippen LogP contribution >= 0.6 is 7.82 Å². The molecular formula is C23H31FN5O13P. The second kappa shape index (κ2) is 13.8. The maximum atomic E-state index is 14.7. The predicted octanol–water partition coefficient (Wildman–Crippen LogP) is 1.57. The lowest BCUT2D eigenvalue weighted by atomic mass is 9.87. The molecule has 2 aromatic rings. The summed E-state index contributed by atoms with van der Waals surface area (Å²) < 4.78 is 68.6. The average molecular weight is 635 g/mol. The maximum absolute atomic E-state index is 14.7. The van der Waals surface area contributed by atoms with Crippen LogP contribution in [-0.4, -0.2) is 98.4 Å². The van der Waals surface area contributed by atoms with Crippen LogP contribution in [0.15, 0.2) is 12.7 Å². The molecule has 43 heavy (non-hydrogen) atoms. The van der Waals surface area contributed by atoms with Crippen LogP contribution in [0.3, 0.4) is 0 Å². The number of fused-ring (bicyclic) bond motifs is 1. The highest BCUT2D eigenvalue weighted by Gasteiger charge is 2.65. The molecular weight excluding hydrogens is 604 g/mol. The van der Waals surface area contributed by atoms with Crippen molar-refractivity contribution in [3.63, 3.8) is 0 Å². The number of nitrogens with two attached hydrogens (primary N) is 1. The summed E-state index contributed by atoms with van der Waals surface area (Å²) in [6.07, 6.45) is 0.255. The molecule has 1 aliphatic heterocycles. The van der Waals surface area contributed by atoms with Crippen molar-refractivity contribution in [2.75, 3.05) is 32.6 Å². The lowest BCUT2D eigenvalue weighted by Gasteiger charge is -2.31. The topological polar surface area (TPSA) is 235 Å². The van der Waals surface area contributed by atoms with Crippen LogP contribution in [0.4, 0.5) is 19.8 Å². The van der Waals surface area contributed by atoms with Gasteiger partial charge in [0.1, 0.15) is 24.6 Å². The monoisotopic (exact) mass is 635 g/mol. The first-order valence-electron chi connectivity index (χ1n) is 12.5. The molecule has 3 heterocycles. The van der Waals surface area contributed by atoms with Gasteiger partial charge in [-0.15, -0.1) is 6.42 Å². The quantitative estimate of drug-likeness (QED) is 0.123. The van der Waals surface area contributed by atoms with Crippen LogP contribution in [0.5, 0.6) is 0 Å². The summed E-state index contributed by atoms with van der Waals surface area (Å²) in [5.41, 5.74) is 0.779. The summed E-state index contributed by atoms with van der Waals surface area (Å²) in [4.78, 5) is 35.2. The minimum atomic E-state index is -4.92. The number of aliphatic hydroxyl groups excluding tert-OH is 1. The Labute approximate surface area is 244 Å². The van der Waals surface area contributed by atoms with Crippen LogP contribution in [0, 0.1) is 12.3 Å². The highest BCUT2D eigenvalue weighted by molar-refractivity contribution is 7.48. The number of imidazole rings is 1. The van der Waals surface area contributed by atoms with Gasteiger partial charge in [0.25, 0.3) is 0 Å². The molecule has 2 aromatic heterocycles. The van der Waals surface area contributed by atoms with E-state index in [1.54, 1.807) is 0 Å². The number of aromatic nitrogens is 4. The smallest absolute Gasteiger partial charge is 0.432 e. The van der Waals surface area contributed by atoms with E-state index in [-0.39, 0.29) is 17.0 Å². The zero-order valence-electron chi connectivity index (χ0n) is 23.4. The van der Waals surface area contributed by atoms with Gasteiger partial charge in [-0.1, -0.05) is 5.92 Å². The van der Waals surface area contributed by atoms with E-state index in [9.17, 15) is 28.8 Å². The Morgan fingerprint density at radius 3 is 2.23 bits per heavy atom. The van der Waals surface area contributed by atoms with Gasteiger partial charge < -0.3 is 39.6 Å². The van der Waals surface area contributed by atoms with Crippen molar-refractivity contribution in [2.45, 2.75) is 63.4 Å². The third-order valence-corrected chi connectivity index (χ3v) is 6.93. The van der Waals surface area contributed by atoms with Crippen molar-refractivity contribution in [1.82, 2.24) is 19.5 Å². The number of terminal acetylenes is 1. The van der Waals surface area contributed by atoms with Crippen LogP contribution < -0.4 is 5.73 Å². The van der Waals surface area contributed by atoms with Crippen molar-refractivity contribution in [3.8, 4) is 12.3 Å². The van der Waals surface area contributed by atoms with Crippen molar-refractivity contribution in [3.05, 3.63) is 12.7 Å². The number of anilines is 1. The number of rotatable bonds is 13. The fourth-order valence-electron chi connectivity index (χ4n) is 3.66. The van der Waals surface area contributed by atoms with Gasteiger partial charge in [0.15, 0.2) is 28.9 Å². The lowest BCUT2D eigenvalue weighted by molar-refractivity contribution is -0.139. The zero-order chi connectivity index (χ0) is 32.0. The van der Waals surface area contributed by atoms with Gasteiger partial charge in [-0.3, -0.25) is 9.09 Å². The number of hydrogen-bond donors (Lipinski definition) is 3. The minimum Gasteiger partial charge on any atom is -0.432 e. The van der Waals surface area contributed by atoms with Crippen molar-refractivity contribution >= 4 is 37.1 Å². The van der Waals surface area contributed by atoms with Gasteiger partial charge in [0.05, 0.1) is 25.1 Å². The van der Waals surface area contributed by atoms with Gasteiger partial charge in [-0.05, 0) is 27.7 Å². The Kier molecular flexibility index (Phi) is 10.8. The summed E-state index contributed by atoms with van der Waals surface area (Å²) in [7, 11) is -4.92. The Morgan fingerprint density at radius 1 is 1.14 bits per heavy atom. The minimum absolute atomic E-state index is 0.0159. The van der Waals surface area contributed by atoms with Gasteiger partial charge in [-0.2, -0.15) is 0 Å². The molecule has 0 spiro atoms. The van der Waals surface area contributed by atoms with Crippen molar-refractivity contribution in [2.24, 2.45) is 0 Å². The molecule has 1 saturated heterocycles. The number of nitrogens with zero attached hydrogens (tertiary/aromatic N) is 4. The largest absolute Gasteiger partial charge is 0.510 e. The number of carbonyl (C=O) groups is 2. The second-order valence-corrected chi connectivity index (χ2v) is 11.1. The summed E-state index contributed by atoms with van der Waals surface area (Å²) >= 11 is 0. The number of carbonyl (C=O) groups excluding carboxylic acids is 2. The Morgan fingerprint density at radius 2 is 1.72 bits per heavy atom. The fraction of sp³-hybridized carbons (Fsp3) is 0.609. The van der Waals surface area contributed by atoms with E-state index in [4.69, 9.17) is 39.9 Å². The highest BCUT2D eigenvalue weighted by atomic mass is 31.2. The Balaban J connectivity index is 1.83. The average Bonchev–Trinajstić information content (AvgIpc) is 3.45. The fourth-order valence-corrected chi connectivity index (χ4v) is 4.62. The van der Waals surface area contributed by atoms with Crippen molar-refractivity contribution < 1.29 is 66.0 Å². The molecule has 0 aliphatic carbocycles. The Bertz CT molecular complexity index is 1360. The summed E-state index contributed by atoms with van der Waals surface area (Å²) in [5.74, 6) is 1.95. The van der Waals surface area contributed by atoms with Crippen LogP contribution in [0.25, 0.3) is 11.2 Å². The molecule has 0 unspecified atom stereocenters. The van der Waals surface area contributed by atoms with E-state index in [1.807, 2.05) is 5.92 Å². The zero-order valence-corrected chi connectivity index (χ0v) is 24.3. The molecule has 0 saturated carbocycles. The molecule has 1 fully saturated rings. The molecule has 4 N–H and O–H groups in total. The molecule has 0 amide bonds. The van der Waals surface area contributed by atoms with Gasteiger partial charge in [0.2, 0.25) is 13.6 Å². The first kappa shape index (κ1) is 33.9. The molecule has 238 valence electrons. The first-order valence-corrected chi connectivity index (χ1v) is 13.9. The predicted molar refractivity (Wildman–Crippen MR) is 139 cm³/mol. The maximum Gasteiger partial charge on any atom is 0.510 e. The lowest BCUT2D eigenvalue weighted by Crippen LogP contribution is -2.53. The number of hydrogen-bond acceptors (Lipinski definition) is 17. The molecule has 0 bridgehead atoms. The molecule has 4 atom stereocenters. The number of alkyl halides is 1. The normalized spacial score (nSPS) is 23.8. The van der Waals surface area contributed by atoms with E-state index in [2.05, 4.69) is 24.4 Å². The van der Waals surface area contributed by atoms with E-state index >= 15 is 0 Å². The summed E-state index contributed by atoms with van der Waals surface area (Å²) in [5, 5.41) is 22.3. The summed E-state index contributed by atoms with van der Waals surface area (Å²) in [6, 6.07) is 0. The molecule has 0 aromatic carbocycles. The molecule has 20 heteroatoms. The number of phosphoric ester groups is 1. The molecule has 3 rings (SSSR count). The second-order valence-electron chi connectivity index (χ2n) is 9.46.